The summed E-state index contributed by atoms with van der Waals surface area (Å²) >= 11 is 5.39. The molecule has 3 rings (SSSR count). The zero-order chi connectivity index (χ0) is 29.9. The first-order chi connectivity index (χ1) is 18.6. The van der Waals surface area contributed by atoms with Gasteiger partial charge in [0, 0.05) is 17.6 Å². The highest BCUT2D eigenvalue weighted by atomic mass is 35.5. The molecule has 0 aliphatic carbocycles. The number of hydrogen-bond acceptors (Lipinski definition) is 9. The molecule has 1 unspecified atom stereocenters. The van der Waals surface area contributed by atoms with Crippen LogP contribution in [0.15, 0.2) is 52.2 Å². The minimum absolute atomic E-state index is 0.00413. The van der Waals surface area contributed by atoms with Gasteiger partial charge in [0.25, 0.3) is 5.56 Å². The van der Waals surface area contributed by atoms with Crippen LogP contribution in [0.25, 0.3) is 0 Å². The van der Waals surface area contributed by atoms with Gasteiger partial charge in [-0.05, 0) is 43.5 Å². The monoisotopic (exact) mass is 574 g/mol. The number of alkyl halides is 1. The van der Waals surface area contributed by atoms with Crippen LogP contribution in [-0.2, 0) is 23.4 Å². The van der Waals surface area contributed by atoms with E-state index < -0.39 is 73.7 Å². The Kier molecular flexibility index (Phi) is 8.61. The number of aromatic amines is 1. The van der Waals surface area contributed by atoms with Crippen molar-refractivity contribution in [3.8, 4) is 17.0 Å². The van der Waals surface area contributed by atoms with Crippen molar-refractivity contribution in [2.24, 2.45) is 5.92 Å². The summed E-state index contributed by atoms with van der Waals surface area (Å²) in [5.74, 6) is 0.0151. The maximum absolute atomic E-state index is 16.1. The van der Waals surface area contributed by atoms with Gasteiger partial charge in [-0.25, -0.2) is 13.8 Å². The number of H-pyrrole nitrogens is 1. The van der Waals surface area contributed by atoms with Crippen molar-refractivity contribution in [2.45, 2.75) is 51.0 Å². The SMILES string of the molecule is [2H]C([2H])(O[P@@](=O)(C[C@@H](C)C(=O)OC(C)C)Oc1ccccc1)[C@H]1O[C@@H](n2ccc(=O)[nH]c2=O)C(F)(C#CCl)[C@H]1O. The number of nitrogens with one attached hydrogen (secondary N) is 1. The number of ether oxygens (including phenoxy) is 2. The first kappa shape index (κ1) is 26.7. The molecule has 2 heterocycles. The molecule has 2 aromatic rings. The minimum Gasteiger partial charge on any atom is -0.463 e. The maximum atomic E-state index is 16.1. The number of aromatic nitrogens is 2. The second-order valence-corrected chi connectivity index (χ2v) is 10.8. The van der Waals surface area contributed by atoms with Gasteiger partial charge >= 0.3 is 19.3 Å². The summed E-state index contributed by atoms with van der Waals surface area (Å²) in [5, 5.41) is 12.6. The first-order valence-electron chi connectivity index (χ1n) is 12.3. The van der Waals surface area contributed by atoms with Crippen molar-refractivity contribution < 1.29 is 40.1 Å². The van der Waals surface area contributed by atoms with Gasteiger partial charge in [-0.3, -0.25) is 23.7 Å². The number of aliphatic hydroxyl groups is 1. The van der Waals surface area contributed by atoms with Crippen LogP contribution in [0.3, 0.4) is 0 Å². The normalized spacial score (nSPS) is 26.3. The molecule has 1 fully saturated rings. The molecule has 1 aromatic carbocycles. The molecule has 6 atom stereocenters. The average molecular weight is 575 g/mol. The topological polar surface area (TPSA) is 146 Å². The third-order valence-electron chi connectivity index (χ3n) is 5.24. The minimum atomic E-state index is -4.63. The molecule has 1 aliphatic rings. The molecular weight excluding hydrogens is 546 g/mol. The van der Waals surface area contributed by atoms with Crippen LogP contribution in [0.5, 0.6) is 5.75 Å². The Morgan fingerprint density at radius 3 is 2.63 bits per heavy atom. The van der Waals surface area contributed by atoms with Crippen molar-refractivity contribution in [1.82, 2.24) is 9.55 Å². The standard InChI is InChI=1S/C24H27ClFN2O9P/c1-15(2)35-21(31)16(3)14-38(33,37-17-7-5-4-6-8-17)34-13-18-20(30)24(26,10-11-25)22(36-18)28-12-9-19(29)27-23(28)32/h4-9,12,15-16,18,20,22,30H,13-14H2,1-3H3,(H,27,29,32)/t16-,18-,20+,22-,24?,38+/m1/s1/i13D2. The molecule has 0 bridgehead atoms. The molecule has 14 heteroatoms. The van der Waals surface area contributed by atoms with Gasteiger partial charge in [0.2, 0.25) is 5.67 Å². The largest absolute Gasteiger partial charge is 0.463 e. The third-order valence-corrected chi connectivity index (χ3v) is 7.20. The fourth-order valence-electron chi connectivity index (χ4n) is 3.48. The first-order valence-corrected chi connectivity index (χ1v) is 13.4. The number of carbonyl (C=O) groups is 1. The van der Waals surface area contributed by atoms with E-state index in [4.69, 9.17) is 32.9 Å². The summed E-state index contributed by atoms with van der Waals surface area (Å²) in [7, 11) is -4.63. The van der Waals surface area contributed by atoms with E-state index in [1.807, 2.05) is 10.9 Å². The predicted molar refractivity (Wildman–Crippen MR) is 135 cm³/mol. The lowest BCUT2D eigenvalue weighted by atomic mass is 9.97. The van der Waals surface area contributed by atoms with E-state index in [1.54, 1.807) is 37.4 Å². The molecule has 1 aromatic heterocycles. The number of esters is 1. The summed E-state index contributed by atoms with van der Waals surface area (Å²) in [6.45, 7) is 1.31. The lowest BCUT2D eigenvalue weighted by molar-refractivity contribution is -0.151. The average Bonchev–Trinajstić information content (AvgIpc) is 3.10. The summed E-state index contributed by atoms with van der Waals surface area (Å²) in [5.41, 5.74) is -5.16. The van der Waals surface area contributed by atoms with Gasteiger partial charge in [0.1, 0.15) is 18.0 Å². The van der Waals surface area contributed by atoms with E-state index in [9.17, 15) is 24.1 Å². The van der Waals surface area contributed by atoms with Crippen molar-refractivity contribution in [2.75, 3.05) is 12.7 Å². The van der Waals surface area contributed by atoms with Gasteiger partial charge in [0.15, 0.2) is 6.23 Å². The zero-order valence-corrected chi connectivity index (χ0v) is 22.1. The second kappa shape index (κ2) is 12.3. The van der Waals surface area contributed by atoms with E-state index in [0.29, 0.717) is 4.57 Å². The Hall–Kier alpha value is -2.94. The van der Waals surface area contributed by atoms with Crippen molar-refractivity contribution in [3.05, 3.63) is 63.4 Å². The number of carbonyl (C=O) groups excluding carboxylic acids is 1. The van der Waals surface area contributed by atoms with Crippen LogP contribution in [0.1, 0.15) is 29.7 Å². The van der Waals surface area contributed by atoms with Crippen LogP contribution in [0.4, 0.5) is 4.39 Å². The molecule has 38 heavy (non-hydrogen) atoms. The Bertz CT molecular complexity index is 1450. The lowest BCUT2D eigenvalue weighted by Gasteiger charge is -2.24. The highest BCUT2D eigenvalue weighted by Crippen LogP contribution is 2.51. The predicted octanol–water partition coefficient (Wildman–Crippen LogP) is 2.58. The summed E-state index contributed by atoms with van der Waals surface area (Å²) < 4.78 is 68.8. The third kappa shape index (κ3) is 6.92. The molecular formula is C24H27ClFN2O9P. The molecule has 0 amide bonds. The van der Waals surface area contributed by atoms with Crippen LogP contribution in [0, 0.1) is 17.2 Å². The number of hydrogen-bond donors (Lipinski definition) is 2. The number of aliphatic hydroxyl groups excluding tert-OH is 1. The molecule has 11 nitrogen and oxygen atoms in total. The molecule has 0 spiro atoms. The van der Waals surface area contributed by atoms with E-state index in [2.05, 4.69) is 0 Å². The van der Waals surface area contributed by atoms with Crippen LogP contribution < -0.4 is 15.8 Å². The Labute approximate surface area is 225 Å². The fourth-order valence-corrected chi connectivity index (χ4v) is 5.34. The Morgan fingerprint density at radius 1 is 1.34 bits per heavy atom. The van der Waals surface area contributed by atoms with Crippen LogP contribution in [0.2, 0.25) is 0 Å². The number of para-hydroxylation sites is 1. The number of halogens is 2. The van der Waals surface area contributed by atoms with E-state index >= 15 is 4.39 Å². The highest BCUT2D eigenvalue weighted by Gasteiger charge is 2.58. The van der Waals surface area contributed by atoms with Crippen LogP contribution in [-0.4, -0.2) is 57.3 Å². The molecule has 206 valence electrons. The van der Waals surface area contributed by atoms with Gasteiger partial charge in [-0.2, -0.15) is 0 Å². The van der Waals surface area contributed by atoms with Crippen LogP contribution >= 0.6 is 19.2 Å². The van der Waals surface area contributed by atoms with E-state index in [0.717, 1.165) is 12.3 Å². The Morgan fingerprint density at radius 2 is 2.03 bits per heavy atom. The zero-order valence-electron chi connectivity index (χ0n) is 22.5. The molecule has 1 aliphatic heterocycles. The smallest absolute Gasteiger partial charge is 0.380 e. The maximum Gasteiger partial charge on any atom is 0.380 e. The number of nitrogens with zero attached hydrogens (tertiary/aromatic N) is 1. The van der Waals surface area contributed by atoms with Gasteiger partial charge in [-0.15, -0.1) is 0 Å². The summed E-state index contributed by atoms with van der Waals surface area (Å²) in [4.78, 5) is 38.1. The lowest BCUT2D eigenvalue weighted by Crippen LogP contribution is -2.45. The molecule has 0 radical (unpaired) electrons. The van der Waals surface area contributed by atoms with Gasteiger partial charge in [0.05, 0.1) is 27.5 Å². The number of rotatable bonds is 10. The molecule has 0 saturated carbocycles. The quantitative estimate of drug-likeness (QED) is 0.248. The number of benzene rings is 1. The fraction of sp³-hybridized carbons (Fsp3) is 0.458. The highest BCUT2D eigenvalue weighted by molar-refractivity contribution is 7.54. The van der Waals surface area contributed by atoms with E-state index in [-0.39, 0.29) is 5.75 Å². The van der Waals surface area contributed by atoms with Crippen molar-refractivity contribution in [3.63, 3.8) is 0 Å². The Balaban J connectivity index is 1.99. The summed E-state index contributed by atoms with van der Waals surface area (Å²) in [6, 6.07) is 8.41. The second-order valence-electron chi connectivity index (χ2n) is 8.65. The van der Waals surface area contributed by atoms with Crippen molar-refractivity contribution >= 4 is 25.2 Å². The van der Waals surface area contributed by atoms with Gasteiger partial charge < -0.3 is 19.1 Å². The molecule has 2 N–H and O–H groups in total. The molecule has 1 saturated heterocycles. The van der Waals surface area contributed by atoms with Gasteiger partial charge in [-0.1, -0.05) is 25.1 Å². The van der Waals surface area contributed by atoms with E-state index in [1.165, 1.54) is 19.1 Å². The van der Waals surface area contributed by atoms with Crippen molar-refractivity contribution in [1.29, 1.82) is 0 Å². The summed E-state index contributed by atoms with van der Waals surface area (Å²) in [6.07, 6.45) is -7.13.